The molecule has 0 saturated carbocycles. The molecule has 0 aliphatic carbocycles. The Morgan fingerprint density at radius 2 is 1.11 bits per heavy atom. The van der Waals surface area contributed by atoms with Gasteiger partial charge in [0.2, 0.25) is 0 Å². The molecular formula is C8H14O9Si2. The second-order valence-corrected chi connectivity index (χ2v) is 6.47. The first-order chi connectivity index (χ1) is 8.67. The molecule has 0 fully saturated rings. The molecule has 0 aliphatic heterocycles. The van der Waals surface area contributed by atoms with Gasteiger partial charge in [-0.2, -0.15) is 0 Å². The Bertz CT molecular complexity index is 340. The Labute approximate surface area is 112 Å². The molecule has 9 nitrogen and oxygen atoms in total. The molecule has 0 N–H and O–H groups in total. The summed E-state index contributed by atoms with van der Waals surface area (Å²) in [6.45, 7) is 4.20. The van der Waals surface area contributed by atoms with Gasteiger partial charge in [0.05, 0.1) is 0 Å². The van der Waals surface area contributed by atoms with Crippen LogP contribution in [0.15, 0.2) is 0 Å². The van der Waals surface area contributed by atoms with Crippen LogP contribution in [0, 0.1) is 0 Å². The standard InChI is InChI=1S/C8H14O9Si2/c1-5(9)13-18-17-19(14-6(2)10,15-7(3)11)16-8(4)12/h18H2,1-4H3. The van der Waals surface area contributed by atoms with Crippen molar-refractivity contribution in [2.75, 3.05) is 0 Å². The Kier molecular flexibility index (Phi) is 6.96. The van der Waals surface area contributed by atoms with Crippen LogP contribution in [0.1, 0.15) is 27.7 Å². The molecule has 0 aromatic carbocycles. The Morgan fingerprint density at radius 3 is 1.37 bits per heavy atom. The Morgan fingerprint density at radius 1 is 0.737 bits per heavy atom. The van der Waals surface area contributed by atoms with Crippen molar-refractivity contribution in [3.05, 3.63) is 0 Å². The van der Waals surface area contributed by atoms with E-state index < -0.39 is 42.9 Å². The average Bonchev–Trinajstić information content (AvgIpc) is 2.12. The molecular weight excluding hydrogens is 296 g/mol. The molecule has 0 atom stereocenters. The molecule has 0 spiro atoms. The number of rotatable bonds is 6. The summed E-state index contributed by atoms with van der Waals surface area (Å²) in [6, 6.07) is 0. The van der Waals surface area contributed by atoms with Gasteiger partial charge in [0.1, 0.15) is 0 Å². The number of carbonyl (C=O) groups excluding carboxylic acids is 4. The van der Waals surface area contributed by atoms with Crippen molar-refractivity contribution >= 4 is 42.9 Å². The normalized spacial score (nSPS) is 10.9. The van der Waals surface area contributed by atoms with Gasteiger partial charge in [0.15, 0.2) is 0 Å². The SMILES string of the molecule is CC(=O)O[SiH2]O[Si](OC(C)=O)(OC(C)=O)OC(C)=O. The predicted molar refractivity (Wildman–Crippen MR) is 62.4 cm³/mol. The van der Waals surface area contributed by atoms with Crippen LogP contribution >= 0.6 is 0 Å². The zero-order valence-corrected chi connectivity index (χ0v) is 13.3. The molecule has 0 saturated heterocycles. The minimum Gasteiger partial charge on any atom is -0.500 e. The van der Waals surface area contributed by atoms with Crippen molar-refractivity contribution in [2.45, 2.75) is 27.7 Å². The van der Waals surface area contributed by atoms with E-state index in [1.807, 2.05) is 0 Å². The molecule has 0 aromatic rings. The van der Waals surface area contributed by atoms with Crippen LogP contribution in [0.25, 0.3) is 0 Å². The summed E-state index contributed by atoms with van der Waals surface area (Å²) in [5.74, 6) is -3.23. The van der Waals surface area contributed by atoms with E-state index in [0.29, 0.717) is 0 Å². The summed E-state index contributed by atoms with van der Waals surface area (Å²) >= 11 is 0. The highest BCUT2D eigenvalue weighted by atomic mass is 28.4. The molecule has 19 heavy (non-hydrogen) atoms. The van der Waals surface area contributed by atoms with Crippen molar-refractivity contribution in [2.24, 2.45) is 0 Å². The minimum absolute atomic E-state index is 0.622. The maximum absolute atomic E-state index is 11.0. The third-order valence-electron chi connectivity index (χ3n) is 1.30. The first-order valence-corrected chi connectivity index (χ1v) is 7.81. The highest BCUT2D eigenvalue weighted by molar-refractivity contribution is 6.63. The third-order valence-corrected chi connectivity index (χ3v) is 5.33. The summed E-state index contributed by atoms with van der Waals surface area (Å²) in [4.78, 5) is 43.6. The minimum atomic E-state index is -4.32. The molecule has 0 heterocycles. The van der Waals surface area contributed by atoms with Crippen LogP contribution in [0.4, 0.5) is 0 Å². The first-order valence-electron chi connectivity index (χ1n) is 5.03. The quantitative estimate of drug-likeness (QED) is 0.551. The van der Waals surface area contributed by atoms with E-state index in [1.54, 1.807) is 0 Å². The Balaban J connectivity index is 4.97. The lowest BCUT2D eigenvalue weighted by molar-refractivity contribution is -0.153. The maximum atomic E-state index is 11.0. The van der Waals surface area contributed by atoms with Gasteiger partial charge in [-0.15, -0.1) is 0 Å². The monoisotopic (exact) mass is 310 g/mol. The van der Waals surface area contributed by atoms with Gasteiger partial charge in [-0.25, -0.2) is 0 Å². The summed E-state index contributed by atoms with van der Waals surface area (Å²) in [5, 5.41) is 0. The number of carbonyl (C=O) groups is 4. The van der Waals surface area contributed by atoms with Gasteiger partial charge in [0, 0.05) is 27.7 Å². The van der Waals surface area contributed by atoms with Crippen LogP contribution in [0.2, 0.25) is 0 Å². The van der Waals surface area contributed by atoms with Crippen LogP contribution < -0.4 is 0 Å². The molecule has 0 aliphatic rings. The van der Waals surface area contributed by atoms with Gasteiger partial charge < -0.3 is 21.8 Å². The highest BCUT2D eigenvalue weighted by Crippen LogP contribution is 2.13. The third kappa shape index (κ3) is 8.07. The summed E-state index contributed by atoms with van der Waals surface area (Å²) in [7, 11) is -6.30. The second kappa shape index (κ2) is 7.65. The molecule has 0 rings (SSSR count). The van der Waals surface area contributed by atoms with Crippen LogP contribution in [0.3, 0.4) is 0 Å². The van der Waals surface area contributed by atoms with Crippen molar-refractivity contribution in [1.29, 1.82) is 0 Å². The summed E-state index contributed by atoms with van der Waals surface area (Å²) in [6.07, 6.45) is 0. The van der Waals surface area contributed by atoms with Crippen molar-refractivity contribution < 1.29 is 41.0 Å². The van der Waals surface area contributed by atoms with E-state index in [0.717, 1.165) is 27.7 Å². The molecule has 108 valence electrons. The lowest BCUT2D eigenvalue weighted by Gasteiger charge is -2.24. The van der Waals surface area contributed by atoms with Gasteiger partial charge in [-0.05, 0) is 0 Å². The number of hydrogen-bond donors (Lipinski definition) is 0. The molecule has 0 unspecified atom stereocenters. The van der Waals surface area contributed by atoms with Crippen LogP contribution in [-0.2, 0) is 41.0 Å². The molecule has 0 radical (unpaired) electrons. The van der Waals surface area contributed by atoms with Gasteiger partial charge in [-0.3, -0.25) is 19.2 Å². The van der Waals surface area contributed by atoms with Gasteiger partial charge in [-0.1, -0.05) is 0 Å². The molecule has 0 aromatic heterocycles. The van der Waals surface area contributed by atoms with Crippen molar-refractivity contribution in [1.82, 2.24) is 0 Å². The first kappa shape index (κ1) is 17.3. The van der Waals surface area contributed by atoms with E-state index in [2.05, 4.69) is 17.7 Å². The maximum Gasteiger partial charge on any atom is 0.890 e. The van der Waals surface area contributed by atoms with E-state index in [4.69, 9.17) is 4.12 Å². The predicted octanol–water partition coefficient (Wildman–Crippen LogP) is -1.31. The fourth-order valence-electron chi connectivity index (χ4n) is 0.864. The van der Waals surface area contributed by atoms with Crippen LogP contribution in [0.5, 0.6) is 0 Å². The van der Waals surface area contributed by atoms with E-state index in [-0.39, 0.29) is 0 Å². The summed E-state index contributed by atoms with van der Waals surface area (Å²) < 4.78 is 23.6. The van der Waals surface area contributed by atoms with Crippen LogP contribution in [-0.4, -0.2) is 42.9 Å². The van der Waals surface area contributed by atoms with E-state index in [9.17, 15) is 19.2 Å². The lowest BCUT2D eigenvalue weighted by Crippen LogP contribution is -2.53. The molecule has 0 amide bonds. The Hall–Kier alpha value is -1.73. The fraction of sp³-hybridized carbons (Fsp3) is 0.500. The van der Waals surface area contributed by atoms with E-state index in [1.165, 1.54) is 0 Å². The molecule has 0 bridgehead atoms. The number of hydrogen-bond acceptors (Lipinski definition) is 9. The highest BCUT2D eigenvalue weighted by Gasteiger charge is 2.57. The largest absolute Gasteiger partial charge is 0.890 e. The molecule has 11 heteroatoms. The van der Waals surface area contributed by atoms with Crippen molar-refractivity contribution in [3.8, 4) is 0 Å². The zero-order valence-electron chi connectivity index (χ0n) is 10.9. The van der Waals surface area contributed by atoms with Gasteiger partial charge in [0.25, 0.3) is 23.9 Å². The van der Waals surface area contributed by atoms with E-state index >= 15 is 0 Å². The zero-order chi connectivity index (χ0) is 15.1. The average molecular weight is 310 g/mol. The van der Waals surface area contributed by atoms with Crippen molar-refractivity contribution in [3.63, 3.8) is 0 Å². The topological polar surface area (TPSA) is 114 Å². The summed E-state index contributed by atoms with van der Waals surface area (Å²) in [5.41, 5.74) is 0. The smallest absolute Gasteiger partial charge is 0.500 e. The lowest BCUT2D eigenvalue weighted by atomic mass is 10.9. The fourth-order valence-corrected chi connectivity index (χ4v) is 3.73. The van der Waals surface area contributed by atoms with Gasteiger partial charge >= 0.3 is 19.1 Å². The second-order valence-electron chi connectivity index (χ2n) is 3.18.